The van der Waals surface area contributed by atoms with Gasteiger partial charge in [0.1, 0.15) is 11.6 Å². The van der Waals surface area contributed by atoms with E-state index in [1.807, 2.05) is 0 Å². The van der Waals surface area contributed by atoms with Gasteiger partial charge in [0.15, 0.2) is 0 Å². The first-order valence-electron chi connectivity index (χ1n) is 7.50. The first-order chi connectivity index (χ1) is 12.0. The number of nitro benzene ring substituents is 2. The van der Waals surface area contributed by atoms with Gasteiger partial charge in [0.05, 0.1) is 31.4 Å². The molecule has 1 aromatic carbocycles. The Morgan fingerprint density at radius 3 is 2.08 bits per heavy atom. The number of nitro groups is 2. The number of benzene rings is 1. The van der Waals surface area contributed by atoms with Crippen molar-refractivity contribution in [3.05, 3.63) is 53.8 Å². The third kappa shape index (κ3) is 3.57. The molecule has 1 N–H and O–H groups in total. The molecule has 138 valence electrons. The number of rotatable bonds is 5. The molecule has 26 heavy (non-hydrogen) atoms. The Labute approximate surface area is 156 Å². The molecule has 1 heterocycles. The summed E-state index contributed by atoms with van der Waals surface area (Å²) in [7, 11) is 0. The maximum atomic E-state index is 12.5. The van der Waals surface area contributed by atoms with Gasteiger partial charge in [0.2, 0.25) is 5.91 Å². The Bertz CT molecular complexity index is 888. The Hall–Kier alpha value is -2.82. The number of amides is 1. The van der Waals surface area contributed by atoms with Gasteiger partial charge >= 0.3 is 0 Å². The molecule has 0 spiro atoms. The minimum Gasteiger partial charge on any atom is -0.324 e. The molecule has 10 nitrogen and oxygen atoms in total. The van der Waals surface area contributed by atoms with E-state index in [9.17, 15) is 25.0 Å². The lowest BCUT2D eigenvalue weighted by Gasteiger charge is -2.15. The average molecular weight is 426 g/mol. The highest BCUT2D eigenvalue weighted by molar-refractivity contribution is 9.10. The van der Waals surface area contributed by atoms with E-state index in [0.29, 0.717) is 5.69 Å². The van der Waals surface area contributed by atoms with Crippen LogP contribution in [0.1, 0.15) is 29.9 Å². The fraction of sp³-hybridized carbons (Fsp3) is 0.333. The molecule has 2 rings (SSSR count). The van der Waals surface area contributed by atoms with Crippen LogP contribution in [0.15, 0.2) is 16.6 Å². The number of carbonyl (C=O) groups is 1. The summed E-state index contributed by atoms with van der Waals surface area (Å²) in [6.07, 6.45) is 0. The van der Waals surface area contributed by atoms with Gasteiger partial charge in [-0.15, -0.1) is 0 Å². The third-order valence-electron chi connectivity index (χ3n) is 4.00. The smallest absolute Gasteiger partial charge is 0.281 e. The van der Waals surface area contributed by atoms with E-state index in [1.54, 1.807) is 20.8 Å². The van der Waals surface area contributed by atoms with Gasteiger partial charge in [-0.25, -0.2) is 0 Å². The van der Waals surface area contributed by atoms with Crippen LogP contribution < -0.4 is 5.32 Å². The van der Waals surface area contributed by atoms with Crippen molar-refractivity contribution in [3.8, 4) is 0 Å². The maximum absolute atomic E-state index is 12.5. The summed E-state index contributed by atoms with van der Waals surface area (Å²) in [5, 5.41) is 29.0. The zero-order valence-electron chi connectivity index (χ0n) is 14.4. The molecule has 0 radical (unpaired) electrons. The normalized spacial score (nSPS) is 11.9. The second-order valence-corrected chi connectivity index (χ2v) is 6.54. The molecule has 0 saturated heterocycles. The average Bonchev–Trinajstić information content (AvgIpc) is 2.82. The zero-order chi connectivity index (χ0) is 19.8. The van der Waals surface area contributed by atoms with Crippen LogP contribution in [0.25, 0.3) is 0 Å². The van der Waals surface area contributed by atoms with Crippen molar-refractivity contribution in [2.75, 3.05) is 5.32 Å². The van der Waals surface area contributed by atoms with Crippen molar-refractivity contribution in [2.45, 2.75) is 33.7 Å². The Morgan fingerprint density at radius 2 is 1.69 bits per heavy atom. The lowest BCUT2D eigenvalue weighted by molar-refractivity contribution is -0.395. The number of aromatic nitrogens is 2. The van der Waals surface area contributed by atoms with Crippen LogP contribution in [0, 0.1) is 41.0 Å². The zero-order valence-corrected chi connectivity index (χ0v) is 16.0. The summed E-state index contributed by atoms with van der Waals surface area (Å²) < 4.78 is 2.28. The Kier molecular flexibility index (Phi) is 5.40. The van der Waals surface area contributed by atoms with Crippen LogP contribution in [-0.2, 0) is 4.79 Å². The third-order valence-corrected chi connectivity index (χ3v) is 5.14. The quantitative estimate of drug-likeness (QED) is 0.574. The van der Waals surface area contributed by atoms with Crippen LogP contribution in [0.4, 0.5) is 17.1 Å². The lowest BCUT2D eigenvalue weighted by atomic mass is 10.1. The molecule has 0 aliphatic heterocycles. The predicted octanol–water partition coefficient (Wildman–Crippen LogP) is 3.59. The van der Waals surface area contributed by atoms with E-state index < -0.39 is 33.2 Å². The summed E-state index contributed by atoms with van der Waals surface area (Å²) in [5.41, 5.74) is 0.488. The predicted molar refractivity (Wildman–Crippen MR) is 97.2 cm³/mol. The Morgan fingerprint density at radius 1 is 1.19 bits per heavy atom. The van der Waals surface area contributed by atoms with Gasteiger partial charge in [0.25, 0.3) is 11.4 Å². The standard InChI is InChI=1S/C15H16BrN5O5/c1-7-12(20(23)24)5-11(6-13(7)21(25)26)17-15(22)10(4)19-9(3)14(16)8(2)18-19/h5-6,10H,1-4H3,(H,17,22). The monoisotopic (exact) mass is 425 g/mol. The molecule has 2 aromatic rings. The molecule has 0 saturated carbocycles. The fourth-order valence-electron chi connectivity index (χ4n) is 2.51. The van der Waals surface area contributed by atoms with Crippen molar-refractivity contribution in [1.29, 1.82) is 0 Å². The van der Waals surface area contributed by atoms with E-state index in [0.717, 1.165) is 22.3 Å². The fourth-order valence-corrected chi connectivity index (χ4v) is 2.77. The molecule has 0 aliphatic rings. The van der Waals surface area contributed by atoms with Crippen molar-refractivity contribution >= 4 is 38.9 Å². The molecule has 0 fully saturated rings. The van der Waals surface area contributed by atoms with Crippen LogP contribution >= 0.6 is 15.9 Å². The van der Waals surface area contributed by atoms with Crippen LogP contribution in [-0.4, -0.2) is 25.5 Å². The summed E-state index contributed by atoms with van der Waals surface area (Å²) in [4.78, 5) is 33.3. The van der Waals surface area contributed by atoms with Gasteiger partial charge in [-0.2, -0.15) is 5.10 Å². The van der Waals surface area contributed by atoms with E-state index in [4.69, 9.17) is 0 Å². The second-order valence-electron chi connectivity index (χ2n) is 5.75. The van der Waals surface area contributed by atoms with Gasteiger partial charge < -0.3 is 5.32 Å². The SMILES string of the molecule is Cc1nn(C(C)C(=O)Nc2cc([N+](=O)[O-])c(C)c([N+](=O)[O-])c2)c(C)c1Br. The van der Waals surface area contributed by atoms with Gasteiger partial charge in [-0.05, 0) is 43.6 Å². The summed E-state index contributed by atoms with van der Waals surface area (Å²) in [6.45, 7) is 6.47. The van der Waals surface area contributed by atoms with Crippen molar-refractivity contribution in [2.24, 2.45) is 0 Å². The highest BCUT2D eigenvalue weighted by Gasteiger charge is 2.26. The number of halogens is 1. The van der Waals surface area contributed by atoms with E-state index in [-0.39, 0.29) is 11.3 Å². The minimum atomic E-state index is -0.723. The topological polar surface area (TPSA) is 133 Å². The van der Waals surface area contributed by atoms with Gasteiger partial charge in [-0.3, -0.25) is 29.7 Å². The van der Waals surface area contributed by atoms with Crippen LogP contribution in [0.5, 0.6) is 0 Å². The summed E-state index contributed by atoms with van der Waals surface area (Å²) in [6, 6.07) is 1.48. The molecule has 0 aliphatic carbocycles. The second kappa shape index (κ2) is 7.20. The first kappa shape index (κ1) is 19.5. The number of anilines is 1. The molecule has 1 amide bonds. The number of carbonyl (C=O) groups excluding carboxylic acids is 1. The number of hydrogen-bond acceptors (Lipinski definition) is 6. The van der Waals surface area contributed by atoms with E-state index in [2.05, 4.69) is 26.3 Å². The summed E-state index contributed by atoms with van der Waals surface area (Å²) in [5.74, 6) is -0.504. The Balaban J connectivity index is 2.38. The lowest BCUT2D eigenvalue weighted by Crippen LogP contribution is -2.25. The molecular formula is C15H16BrN5O5. The van der Waals surface area contributed by atoms with Crippen molar-refractivity contribution in [3.63, 3.8) is 0 Å². The maximum Gasteiger partial charge on any atom is 0.281 e. The summed E-state index contributed by atoms with van der Waals surface area (Å²) >= 11 is 3.38. The molecule has 1 atom stereocenters. The first-order valence-corrected chi connectivity index (χ1v) is 8.29. The van der Waals surface area contributed by atoms with E-state index >= 15 is 0 Å². The molecule has 11 heteroatoms. The van der Waals surface area contributed by atoms with Gasteiger partial charge in [0, 0.05) is 12.1 Å². The molecular weight excluding hydrogens is 410 g/mol. The number of nitrogens with zero attached hydrogens (tertiary/aromatic N) is 4. The van der Waals surface area contributed by atoms with Crippen LogP contribution in [0.3, 0.4) is 0 Å². The number of nitrogens with one attached hydrogen (secondary N) is 1. The van der Waals surface area contributed by atoms with E-state index in [1.165, 1.54) is 11.6 Å². The molecule has 1 unspecified atom stereocenters. The minimum absolute atomic E-state index is 0.0218. The van der Waals surface area contributed by atoms with Crippen LogP contribution in [0.2, 0.25) is 0 Å². The van der Waals surface area contributed by atoms with Gasteiger partial charge in [-0.1, -0.05) is 0 Å². The van der Waals surface area contributed by atoms with Crippen molar-refractivity contribution < 1.29 is 14.6 Å². The van der Waals surface area contributed by atoms with Crippen molar-refractivity contribution in [1.82, 2.24) is 9.78 Å². The largest absolute Gasteiger partial charge is 0.324 e. The number of aryl methyl sites for hydroxylation is 1. The highest BCUT2D eigenvalue weighted by Crippen LogP contribution is 2.32. The molecule has 1 aromatic heterocycles. The molecule has 0 bridgehead atoms. The highest BCUT2D eigenvalue weighted by atomic mass is 79.9. The number of hydrogen-bond donors (Lipinski definition) is 1.